The molecule has 0 aliphatic rings. The van der Waals surface area contributed by atoms with Crippen molar-refractivity contribution in [1.29, 1.82) is 0 Å². The van der Waals surface area contributed by atoms with Gasteiger partial charge in [-0.15, -0.1) is 0 Å². The van der Waals surface area contributed by atoms with Gasteiger partial charge in [0.1, 0.15) is 7.47 Å². The maximum Gasteiger partial charge on any atom is 0.112 e. The van der Waals surface area contributed by atoms with Crippen molar-refractivity contribution in [3.63, 3.8) is 0 Å². The lowest BCUT2D eigenvalue weighted by Crippen LogP contribution is -1.94. The van der Waals surface area contributed by atoms with E-state index in [0.29, 0.717) is 0 Å². The van der Waals surface area contributed by atoms with Crippen LogP contribution in [0.3, 0.4) is 0 Å². The molecular formula is C12H8Br4N2. The molecule has 0 bridgehead atoms. The highest BCUT2D eigenvalue weighted by atomic mass is 79.9. The van der Waals surface area contributed by atoms with Gasteiger partial charge in [-0.2, -0.15) is 0 Å². The van der Waals surface area contributed by atoms with Crippen LogP contribution in [0.4, 0.5) is 0 Å². The van der Waals surface area contributed by atoms with Gasteiger partial charge in [-0.3, -0.25) is 0 Å². The zero-order chi connectivity index (χ0) is 13.1. The van der Waals surface area contributed by atoms with Crippen LogP contribution in [0, 0.1) is 0 Å². The van der Waals surface area contributed by atoms with Crippen LogP contribution in [0.25, 0.3) is 11.4 Å². The second kappa shape index (κ2) is 6.59. The van der Waals surface area contributed by atoms with Crippen molar-refractivity contribution in [2.45, 2.75) is 7.47 Å². The summed E-state index contributed by atoms with van der Waals surface area (Å²) in [6, 6.07) is 11.8. The summed E-state index contributed by atoms with van der Waals surface area (Å²) >= 11 is 13.8. The first kappa shape index (κ1) is 14.6. The SMILES string of the molecule is BrC(Br)c1cccc(-c2cccc(C(Br)Br)n2)n1. The second-order valence-electron chi connectivity index (χ2n) is 3.50. The Morgan fingerprint density at radius 1 is 0.667 bits per heavy atom. The minimum absolute atomic E-state index is 0.0493. The Morgan fingerprint density at radius 2 is 1.06 bits per heavy atom. The first-order valence-corrected chi connectivity index (χ1v) is 8.75. The van der Waals surface area contributed by atoms with Crippen molar-refractivity contribution >= 4 is 63.7 Å². The third-order valence-electron chi connectivity index (χ3n) is 2.25. The topological polar surface area (TPSA) is 25.8 Å². The van der Waals surface area contributed by atoms with Crippen molar-refractivity contribution in [1.82, 2.24) is 9.97 Å². The molecule has 2 aromatic rings. The van der Waals surface area contributed by atoms with Gasteiger partial charge in [0, 0.05) is 0 Å². The van der Waals surface area contributed by atoms with Crippen LogP contribution in [0.15, 0.2) is 36.4 Å². The van der Waals surface area contributed by atoms with E-state index in [1.165, 1.54) is 0 Å². The Kier molecular flexibility index (Phi) is 5.35. The fourth-order valence-electron chi connectivity index (χ4n) is 1.43. The smallest absolute Gasteiger partial charge is 0.112 e. The molecule has 18 heavy (non-hydrogen) atoms. The highest BCUT2D eigenvalue weighted by molar-refractivity contribution is 9.24. The number of rotatable bonds is 3. The van der Waals surface area contributed by atoms with Gasteiger partial charge in [-0.05, 0) is 24.3 Å². The maximum absolute atomic E-state index is 4.56. The second-order valence-corrected chi connectivity index (χ2v) is 9.62. The van der Waals surface area contributed by atoms with E-state index in [1.807, 2.05) is 36.4 Å². The predicted molar refractivity (Wildman–Crippen MR) is 88.7 cm³/mol. The lowest BCUT2D eigenvalue weighted by Gasteiger charge is -2.07. The molecule has 2 aromatic heterocycles. The zero-order valence-electron chi connectivity index (χ0n) is 9.03. The van der Waals surface area contributed by atoms with Gasteiger partial charge in [0.25, 0.3) is 0 Å². The minimum atomic E-state index is 0.0493. The van der Waals surface area contributed by atoms with Crippen LogP contribution in [0.5, 0.6) is 0 Å². The number of halogens is 4. The summed E-state index contributed by atoms with van der Waals surface area (Å²) in [5.41, 5.74) is 3.57. The zero-order valence-corrected chi connectivity index (χ0v) is 15.4. The summed E-state index contributed by atoms with van der Waals surface area (Å²) in [5, 5.41) is 0. The molecule has 2 heterocycles. The molecule has 0 aliphatic heterocycles. The number of alkyl halides is 4. The third kappa shape index (κ3) is 3.62. The van der Waals surface area contributed by atoms with Crippen LogP contribution >= 0.6 is 63.7 Å². The number of hydrogen-bond acceptors (Lipinski definition) is 2. The number of aromatic nitrogens is 2. The standard InChI is InChI=1S/C12H8Br4N2/c13-11(14)9-5-1-3-7(17-9)8-4-2-6-10(18-8)12(15)16/h1-6,11-12H. The average molecular weight is 500 g/mol. The molecule has 6 heteroatoms. The first-order valence-electron chi connectivity index (χ1n) is 5.08. The van der Waals surface area contributed by atoms with Crippen molar-refractivity contribution in [3.8, 4) is 11.4 Å². The third-order valence-corrected chi connectivity index (χ3v) is 4.13. The monoisotopic (exact) mass is 496 g/mol. The van der Waals surface area contributed by atoms with E-state index in [-0.39, 0.29) is 7.47 Å². The quantitative estimate of drug-likeness (QED) is 0.505. The van der Waals surface area contributed by atoms with Crippen molar-refractivity contribution in [2.24, 2.45) is 0 Å². The number of hydrogen-bond donors (Lipinski definition) is 0. The first-order chi connectivity index (χ1) is 8.58. The van der Waals surface area contributed by atoms with Crippen LogP contribution < -0.4 is 0 Å². The largest absolute Gasteiger partial charge is 0.249 e. The Morgan fingerprint density at radius 3 is 1.39 bits per heavy atom. The van der Waals surface area contributed by atoms with Crippen LogP contribution in [-0.2, 0) is 0 Å². The van der Waals surface area contributed by atoms with Gasteiger partial charge in [0.2, 0.25) is 0 Å². The van der Waals surface area contributed by atoms with E-state index in [2.05, 4.69) is 73.7 Å². The molecule has 0 aliphatic carbocycles. The summed E-state index contributed by atoms with van der Waals surface area (Å²) in [4.78, 5) is 9.11. The highest BCUT2D eigenvalue weighted by Crippen LogP contribution is 2.31. The van der Waals surface area contributed by atoms with E-state index >= 15 is 0 Å². The summed E-state index contributed by atoms with van der Waals surface area (Å²) in [6.07, 6.45) is 0. The molecule has 2 rings (SSSR count). The van der Waals surface area contributed by atoms with Gasteiger partial charge in [-0.1, -0.05) is 75.9 Å². The molecule has 2 nitrogen and oxygen atoms in total. The number of nitrogens with zero attached hydrogens (tertiary/aromatic N) is 2. The van der Waals surface area contributed by atoms with Crippen molar-refractivity contribution in [2.75, 3.05) is 0 Å². The Bertz CT molecular complexity index is 494. The minimum Gasteiger partial charge on any atom is -0.249 e. The maximum atomic E-state index is 4.56. The van der Waals surface area contributed by atoms with Gasteiger partial charge in [-0.25, -0.2) is 9.97 Å². The molecule has 0 aromatic carbocycles. The lowest BCUT2D eigenvalue weighted by atomic mass is 10.2. The lowest BCUT2D eigenvalue weighted by molar-refractivity contribution is 1.13. The Hall–Kier alpha value is 0.220. The molecule has 0 radical (unpaired) electrons. The van der Waals surface area contributed by atoms with Crippen LogP contribution in [0.2, 0.25) is 0 Å². The molecule has 0 N–H and O–H groups in total. The van der Waals surface area contributed by atoms with E-state index in [9.17, 15) is 0 Å². The van der Waals surface area contributed by atoms with E-state index < -0.39 is 0 Å². The normalized spacial score (nSPS) is 11.2. The summed E-state index contributed by atoms with van der Waals surface area (Å²) in [5.74, 6) is 0. The highest BCUT2D eigenvalue weighted by Gasteiger charge is 2.09. The van der Waals surface area contributed by atoms with Crippen LogP contribution in [0.1, 0.15) is 18.9 Å². The molecule has 0 spiro atoms. The van der Waals surface area contributed by atoms with Gasteiger partial charge in [0.15, 0.2) is 0 Å². The molecule has 0 saturated heterocycles. The van der Waals surface area contributed by atoms with Crippen molar-refractivity contribution < 1.29 is 0 Å². The molecule has 0 atom stereocenters. The molecule has 0 amide bonds. The van der Waals surface area contributed by atoms with E-state index in [1.54, 1.807) is 0 Å². The van der Waals surface area contributed by atoms with E-state index in [0.717, 1.165) is 22.8 Å². The Balaban J connectivity index is 2.42. The summed E-state index contributed by atoms with van der Waals surface area (Å²) in [6.45, 7) is 0. The predicted octanol–water partition coefficient (Wildman–Crippen LogP) is 5.72. The van der Waals surface area contributed by atoms with Gasteiger partial charge in [0.05, 0.1) is 22.8 Å². The fraction of sp³-hybridized carbons (Fsp3) is 0.167. The average Bonchev–Trinajstić information content (AvgIpc) is 2.39. The molecule has 94 valence electrons. The molecule has 0 fully saturated rings. The molecule has 0 saturated carbocycles. The van der Waals surface area contributed by atoms with E-state index in [4.69, 9.17) is 0 Å². The molecular weight excluding hydrogens is 492 g/mol. The number of pyridine rings is 2. The van der Waals surface area contributed by atoms with Gasteiger partial charge >= 0.3 is 0 Å². The molecule has 0 unspecified atom stereocenters. The fourth-order valence-corrected chi connectivity index (χ4v) is 2.45. The van der Waals surface area contributed by atoms with Gasteiger partial charge < -0.3 is 0 Å². The Labute approximate surface area is 139 Å². The summed E-state index contributed by atoms with van der Waals surface area (Å²) < 4.78 is 0.0986. The van der Waals surface area contributed by atoms with Crippen molar-refractivity contribution in [3.05, 3.63) is 47.8 Å². The summed E-state index contributed by atoms with van der Waals surface area (Å²) in [7, 11) is 0. The van der Waals surface area contributed by atoms with Crippen LogP contribution in [-0.4, -0.2) is 9.97 Å².